The number of benzene rings is 1. The van der Waals surface area contributed by atoms with Crippen LogP contribution in [0.4, 0.5) is 0 Å². The summed E-state index contributed by atoms with van der Waals surface area (Å²) in [6.07, 6.45) is 0. The molecule has 0 saturated carbocycles. The van der Waals surface area contributed by atoms with Crippen LogP contribution in [0.25, 0.3) is 0 Å². The predicted molar refractivity (Wildman–Crippen MR) is 42.9 cm³/mol. The number of hydrogen-bond acceptors (Lipinski definition) is 1. The smallest absolute Gasteiger partial charge is 1.00 e. The van der Waals surface area contributed by atoms with Crippen molar-refractivity contribution in [1.82, 2.24) is 0 Å². The van der Waals surface area contributed by atoms with Crippen molar-refractivity contribution in [3.8, 4) is 0 Å². The van der Waals surface area contributed by atoms with Crippen molar-refractivity contribution < 1.29 is 71.9 Å². The molecule has 0 saturated heterocycles. The van der Waals surface area contributed by atoms with Crippen LogP contribution in [0, 0.1) is 0 Å². The van der Waals surface area contributed by atoms with Gasteiger partial charge in [-0.3, -0.25) is 0 Å². The first kappa shape index (κ1) is 18.7. The Morgan fingerprint density at radius 1 is 1.17 bits per heavy atom. The van der Waals surface area contributed by atoms with E-state index in [4.69, 9.17) is 5.11 Å². The minimum Gasteiger partial charge on any atom is -1.00 e. The quantitative estimate of drug-likeness (QED) is 0.476. The number of aromatic carboxylic acids is 1. The second kappa shape index (κ2) is 10.1. The van der Waals surface area contributed by atoms with Crippen LogP contribution in [0.3, 0.4) is 0 Å². The summed E-state index contributed by atoms with van der Waals surface area (Å²) in [5.74, 6) is -0.879. The average molecular weight is 207 g/mol. The molecule has 0 aliphatic carbocycles. The second-order valence-corrected chi connectivity index (χ2v) is 1.67. The van der Waals surface area contributed by atoms with Crippen LogP contribution in [0.2, 0.25) is 0 Å². The van der Waals surface area contributed by atoms with Crippen molar-refractivity contribution in [3.63, 3.8) is 0 Å². The Morgan fingerprint density at radius 2 is 1.58 bits per heavy atom. The maximum absolute atomic E-state index is 10.2. The zero-order chi connectivity index (χ0) is 6.69. The third kappa shape index (κ3) is 6.49. The van der Waals surface area contributed by atoms with Crippen molar-refractivity contribution >= 4 is 18.4 Å². The van der Waals surface area contributed by atoms with Gasteiger partial charge in [-0.15, -0.1) is 12.4 Å². The number of rotatable bonds is 1. The van der Waals surface area contributed by atoms with Crippen molar-refractivity contribution in [3.05, 3.63) is 35.9 Å². The average Bonchev–Trinajstić information content (AvgIpc) is 1.90. The summed E-state index contributed by atoms with van der Waals surface area (Å²) in [5.41, 5.74) is 0.331. The number of halogens is 1. The van der Waals surface area contributed by atoms with Crippen LogP contribution in [-0.4, -0.2) is 11.1 Å². The number of carboxylic acids is 1. The number of carbonyl (C=O) groups is 1. The molecule has 12 heavy (non-hydrogen) atoms. The molecule has 0 fully saturated rings. The number of carboxylic acid groups (broad SMARTS) is 1. The zero-order valence-corrected chi connectivity index (χ0v) is 12.0. The summed E-state index contributed by atoms with van der Waals surface area (Å²) < 4.78 is 0. The Kier molecular flexibility index (Phi) is 15.7. The molecular weight excluding hydrogens is 198 g/mol. The van der Waals surface area contributed by atoms with Crippen molar-refractivity contribution in [2.75, 3.05) is 0 Å². The third-order valence-electron chi connectivity index (χ3n) is 1.02. The van der Waals surface area contributed by atoms with E-state index in [1.807, 2.05) is 0 Å². The Hall–Kier alpha value is 0.980. The molecular formula is C7H9ClNa2O2. The molecule has 0 spiro atoms. The van der Waals surface area contributed by atoms with E-state index in [0.29, 0.717) is 5.56 Å². The third-order valence-corrected chi connectivity index (χ3v) is 1.02. The molecule has 0 bridgehead atoms. The van der Waals surface area contributed by atoms with Gasteiger partial charge in [-0.2, -0.15) is 0 Å². The van der Waals surface area contributed by atoms with Gasteiger partial charge >= 0.3 is 65.1 Å². The largest absolute Gasteiger partial charge is 1.00 e. The first-order valence-electron chi connectivity index (χ1n) is 2.59. The van der Waals surface area contributed by atoms with Gasteiger partial charge in [-0.25, -0.2) is 4.79 Å². The second-order valence-electron chi connectivity index (χ2n) is 1.67. The van der Waals surface area contributed by atoms with Crippen molar-refractivity contribution in [2.24, 2.45) is 0 Å². The van der Waals surface area contributed by atoms with Crippen LogP contribution in [0.5, 0.6) is 0 Å². The molecule has 0 aliphatic heterocycles. The van der Waals surface area contributed by atoms with Gasteiger partial charge in [0, 0.05) is 0 Å². The summed E-state index contributed by atoms with van der Waals surface area (Å²) in [6, 6.07) is 8.30. The van der Waals surface area contributed by atoms with Gasteiger partial charge < -0.3 is 7.96 Å². The van der Waals surface area contributed by atoms with Gasteiger partial charge in [0.25, 0.3) is 0 Å². The Bertz CT molecular complexity index is 224. The zero-order valence-electron chi connectivity index (χ0n) is 9.15. The van der Waals surface area contributed by atoms with E-state index in [-0.39, 0.29) is 74.4 Å². The van der Waals surface area contributed by atoms with Gasteiger partial charge in [0.2, 0.25) is 0 Å². The fourth-order valence-electron chi connectivity index (χ4n) is 0.581. The topological polar surface area (TPSA) is 37.3 Å². The first-order chi connectivity index (χ1) is 4.30. The van der Waals surface area contributed by atoms with E-state index in [1.165, 1.54) is 0 Å². The summed E-state index contributed by atoms with van der Waals surface area (Å²) in [4.78, 5) is 10.2. The predicted octanol–water partition coefficient (Wildman–Crippen LogP) is -3.96. The van der Waals surface area contributed by atoms with Crippen molar-refractivity contribution in [2.45, 2.75) is 0 Å². The molecule has 0 aromatic heterocycles. The Balaban J connectivity index is -0.0000000540. The van der Waals surface area contributed by atoms with E-state index in [2.05, 4.69) is 0 Å². The SMILES string of the molecule is Cl.O=C(O)c1ccccc1.[H-].[H-].[Na+].[Na+]. The molecule has 0 atom stereocenters. The molecule has 0 radical (unpaired) electrons. The molecule has 2 nitrogen and oxygen atoms in total. The van der Waals surface area contributed by atoms with E-state index < -0.39 is 5.97 Å². The molecule has 58 valence electrons. The Morgan fingerprint density at radius 3 is 1.83 bits per heavy atom. The molecule has 1 aromatic rings. The fourth-order valence-corrected chi connectivity index (χ4v) is 0.581. The van der Waals surface area contributed by atoms with Crippen LogP contribution in [0.1, 0.15) is 13.2 Å². The van der Waals surface area contributed by atoms with Crippen molar-refractivity contribution in [1.29, 1.82) is 0 Å². The monoisotopic (exact) mass is 206 g/mol. The molecule has 0 aliphatic rings. The summed E-state index contributed by atoms with van der Waals surface area (Å²) in [7, 11) is 0. The number of hydrogen-bond donors (Lipinski definition) is 1. The molecule has 1 aromatic carbocycles. The maximum Gasteiger partial charge on any atom is 1.00 e. The van der Waals surface area contributed by atoms with Crippen LogP contribution in [0.15, 0.2) is 30.3 Å². The van der Waals surface area contributed by atoms with Gasteiger partial charge in [0.05, 0.1) is 5.56 Å². The summed E-state index contributed by atoms with van der Waals surface area (Å²) in [6.45, 7) is 0. The minimum absolute atomic E-state index is 0. The fraction of sp³-hybridized carbons (Fsp3) is 0. The van der Waals surface area contributed by atoms with Crippen LogP contribution in [-0.2, 0) is 0 Å². The molecule has 0 heterocycles. The normalized spacial score (nSPS) is 6.67. The van der Waals surface area contributed by atoms with Gasteiger partial charge in [-0.1, -0.05) is 18.2 Å². The maximum atomic E-state index is 10.2. The molecule has 5 heteroatoms. The van der Waals surface area contributed by atoms with Gasteiger partial charge in [0.15, 0.2) is 0 Å². The molecule has 0 amide bonds. The first-order valence-corrected chi connectivity index (χ1v) is 2.59. The molecule has 1 rings (SSSR count). The summed E-state index contributed by atoms with van der Waals surface area (Å²) in [5, 5.41) is 8.38. The van der Waals surface area contributed by atoms with E-state index in [1.54, 1.807) is 30.3 Å². The van der Waals surface area contributed by atoms with E-state index in [9.17, 15) is 4.79 Å². The molecule has 0 unspecified atom stereocenters. The van der Waals surface area contributed by atoms with Crippen LogP contribution >= 0.6 is 12.4 Å². The molecule has 1 N–H and O–H groups in total. The van der Waals surface area contributed by atoms with Gasteiger partial charge in [0.1, 0.15) is 0 Å². The Labute approximate surface area is 125 Å². The standard InChI is InChI=1S/C7H6O2.ClH.2Na.2H/c8-7(9)6-4-2-1-3-5-6;;;;;/h1-5H,(H,8,9);1H;;;;/q;;2*+1;2*-1. The summed E-state index contributed by atoms with van der Waals surface area (Å²) >= 11 is 0. The van der Waals surface area contributed by atoms with E-state index >= 15 is 0 Å². The van der Waals surface area contributed by atoms with Gasteiger partial charge in [-0.05, 0) is 12.1 Å². The van der Waals surface area contributed by atoms with E-state index in [0.717, 1.165) is 0 Å². The minimum atomic E-state index is -0.879. The van der Waals surface area contributed by atoms with Crippen LogP contribution < -0.4 is 59.1 Å².